The van der Waals surface area contributed by atoms with Crippen LogP contribution < -0.4 is 21.3 Å². The van der Waals surface area contributed by atoms with Gasteiger partial charge in [0.1, 0.15) is 11.6 Å². The second kappa shape index (κ2) is 7.70. The van der Waals surface area contributed by atoms with E-state index in [4.69, 9.17) is 10.6 Å². The number of nitrogen functional groups attached to an aromatic ring is 1. The number of benzene rings is 2. The lowest BCUT2D eigenvalue weighted by Crippen LogP contribution is -2.29. The molecule has 6 nitrogen and oxygen atoms in total. The number of ether oxygens (including phenoxy) is 1. The van der Waals surface area contributed by atoms with E-state index in [0.29, 0.717) is 21.5 Å². The quantitative estimate of drug-likeness (QED) is 0.420. The van der Waals surface area contributed by atoms with Crippen LogP contribution >= 0.6 is 15.9 Å². The van der Waals surface area contributed by atoms with Crippen molar-refractivity contribution in [2.75, 3.05) is 11.9 Å². The van der Waals surface area contributed by atoms with Crippen molar-refractivity contribution >= 4 is 33.4 Å². The van der Waals surface area contributed by atoms with Crippen molar-refractivity contribution in [1.29, 1.82) is 0 Å². The van der Waals surface area contributed by atoms with Gasteiger partial charge < -0.3 is 10.1 Å². The van der Waals surface area contributed by atoms with Gasteiger partial charge in [-0.2, -0.15) is 0 Å². The average Bonchev–Trinajstić information content (AvgIpc) is 2.55. The maximum atomic E-state index is 12.8. The zero-order valence-corrected chi connectivity index (χ0v) is 13.4. The molecule has 0 aromatic heterocycles. The lowest BCUT2D eigenvalue weighted by atomic mass is 10.2. The molecule has 2 rings (SSSR count). The van der Waals surface area contributed by atoms with Crippen LogP contribution in [-0.4, -0.2) is 18.4 Å². The van der Waals surface area contributed by atoms with E-state index < -0.39 is 11.8 Å². The SMILES string of the molecule is NNC(=O)c1ccc(OCC(=O)Nc2ccc(F)cc2)c(Br)c1. The van der Waals surface area contributed by atoms with Gasteiger partial charge in [0.2, 0.25) is 0 Å². The number of carbonyl (C=O) groups excluding carboxylic acids is 2. The van der Waals surface area contributed by atoms with Gasteiger partial charge in [0.25, 0.3) is 11.8 Å². The molecule has 2 aromatic carbocycles. The smallest absolute Gasteiger partial charge is 0.265 e. The molecule has 0 bridgehead atoms. The van der Waals surface area contributed by atoms with Gasteiger partial charge in [0.05, 0.1) is 4.47 Å². The van der Waals surface area contributed by atoms with Crippen LogP contribution in [0.1, 0.15) is 10.4 Å². The standard InChI is InChI=1S/C15H13BrFN3O3/c16-12-7-9(15(22)20-18)1-6-13(12)23-8-14(21)19-11-4-2-10(17)3-5-11/h1-7H,8,18H2,(H,19,21)(H,20,22). The van der Waals surface area contributed by atoms with E-state index in [1.807, 2.05) is 5.43 Å². The second-order valence-electron chi connectivity index (χ2n) is 4.46. The van der Waals surface area contributed by atoms with Crippen LogP contribution in [0.5, 0.6) is 5.75 Å². The molecule has 0 aliphatic carbocycles. The molecule has 0 spiro atoms. The Morgan fingerprint density at radius 2 is 1.87 bits per heavy atom. The third kappa shape index (κ3) is 4.76. The van der Waals surface area contributed by atoms with Crippen LogP contribution in [-0.2, 0) is 4.79 Å². The van der Waals surface area contributed by atoms with Gasteiger partial charge in [-0.1, -0.05) is 0 Å². The van der Waals surface area contributed by atoms with E-state index in [2.05, 4.69) is 21.2 Å². The normalized spacial score (nSPS) is 10.0. The molecule has 0 unspecified atom stereocenters. The Balaban J connectivity index is 1.93. The first-order chi connectivity index (χ1) is 11.0. The summed E-state index contributed by atoms with van der Waals surface area (Å²) in [5.74, 6) is 4.23. The van der Waals surface area contributed by atoms with Crippen molar-refractivity contribution in [1.82, 2.24) is 5.43 Å². The Morgan fingerprint density at radius 1 is 1.17 bits per heavy atom. The summed E-state index contributed by atoms with van der Waals surface area (Å²) in [6.45, 7) is -0.238. The van der Waals surface area contributed by atoms with Gasteiger partial charge in [-0.05, 0) is 58.4 Å². The summed E-state index contributed by atoms with van der Waals surface area (Å²) >= 11 is 3.25. The number of nitrogens with one attached hydrogen (secondary N) is 2. The fraction of sp³-hybridized carbons (Fsp3) is 0.0667. The van der Waals surface area contributed by atoms with Crippen molar-refractivity contribution in [2.24, 2.45) is 5.84 Å². The fourth-order valence-electron chi connectivity index (χ4n) is 1.72. The van der Waals surface area contributed by atoms with Crippen molar-refractivity contribution in [2.45, 2.75) is 0 Å². The summed E-state index contributed by atoms with van der Waals surface area (Å²) in [6, 6.07) is 9.96. The summed E-state index contributed by atoms with van der Waals surface area (Å²) < 4.78 is 18.6. The number of rotatable bonds is 5. The second-order valence-corrected chi connectivity index (χ2v) is 5.32. The summed E-state index contributed by atoms with van der Waals surface area (Å²) in [7, 11) is 0. The first-order valence-corrected chi connectivity index (χ1v) is 7.27. The molecule has 0 aliphatic heterocycles. The number of halogens is 2. The lowest BCUT2D eigenvalue weighted by Gasteiger charge is -2.10. The van der Waals surface area contributed by atoms with Crippen LogP contribution in [0, 0.1) is 5.82 Å². The molecule has 0 radical (unpaired) electrons. The molecule has 2 amide bonds. The zero-order valence-electron chi connectivity index (χ0n) is 11.8. The maximum absolute atomic E-state index is 12.8. The van der Waals surface area contributed by atoms with E-state index >= 15 is 0 Å². The fourth-order valence-corrected chi connectivity index (χ4v) is 2.21. The first-order valence-electron chi connectivity index (χ1n) is 6.48. The van der Waals surface area contributed by atoms with Crippen LogP contribution in [0.2, 0.25) is 0 Å². The van der Waals surface area contributed by atoms with Gasteiger partial charge in [0, 0.05) is 11.3 Å². The van der Waals surface area contributed by atoms with E-state index in [0.717, 1.165) is 0 Å². The number of hydrazine groups is 1. The molecule has 23 heavy (non-hydrogen) atoms. The number of anilines is 1. The maximum Gasteiger partial charge on any atom is 0.265 e. The number of amides is 2. The number of nitrogens with two attached hydrogens (primary N) is 1. The highest BCUT2D eigenvalue weighted by atomic mass is 79.9. The van der Waals surface area contributed by atoms with Crippen molar-refractivity contribution in [3.8, 4) is 5.75 Å². The van der Waals surface area contributed by atoms with Gasteiger partial charge in [-0.3, -0.25) is 15.0 Å². The lowest BCUT2D eigenvalue weighted by molar-refractivity contribution is -0.118. The van der Waals surface area contributed by atoms with E-state index in [1.54, 1.807) is 6.07 Å². The minimum Gasteiger partial charge on any atom is -0.483 e. The molecule has 0 saturated heterocycles. The minimum absolute atomic E-state index is 0.238. The molecule has 4 N–H and O–H groups in total. The topological polar surface area (TPSA) is 93.4 Å². The molecular formula is C15H13BrFN3O3. The zero-order chi connectivity index (χ0) is 16.8. The predicted molar refractivity (Wildman–Crippen MR) is 86.3 cm³/mol. The molecule has 2 aromatic rings. The highest BCUT2D eigenvalue weighted by Gasteiger charge is 2.10. The Morgan fingerprint density at radius 3 is 2.48 bits per heavy atom. The molecule has 0 aliphatic rings. The molecule has 120 valence electrons. The van der Waals surface area contributed by atoms with E-state index in [1.165, 1.54) is 36.4 Å². The van der Waals surface area contributed by atoms with Crippen LogP contribution in [0.15, 0.2) is 46.9 Å². The molecule has 0 fully saturated rings. The number of hydrogen-bond donors (Lipinski definition) is 3. The van der Waals surface area contributed by atoms with Crippen LogP contribution in [0.3, 0.4) is 0 Å². The molecular weight excluding hydrogens is 369 g/mol. The first kappa shape index (κ1) is 16.9. The third-order valence-electron chi connectivity index (χ3n) is 2.81. The molecule has 0 atom stereocenters. The number of carbonyl (C=O) groups is 2. The highest BCUT2D eigenvalue weighted by molar-refractivity contribution is 9.10. The summed E-state index contributed by atoms with van der Waals surface area (Å²) in [6.07, 6.45) is 0. The van der Waals surface area contributed by atoms with Crippen molar-refractivity contribution in [3.05, 3.63) is 58.3 Å². The summed E-state index contributed by atoms with van der Waals surface area (Å²) in [5, 5.41) is 2.57. The Kier molecular flexibility index (Phi) is 5.67. The van der Waals surface area contributed by atoms with Gasteiger partial charge in [0.15, 0.2) is 6.61 Å². The van der Waals surface area contributed by atoms with Crippen molar-refractivity contribution in [3.63, 3.8) is 0 Å². The van der Waals surface area contributed by atoms with Crippen LogP contribution in [0.4, 0.5) is 10.1 Å². The monoisotopic (exact) mass is 381 g/mol. The van der Waals surface area contributed by atoms with E-state index in [9.17, 15) is 14.0 Å². The minimum atomic E-state index is -0.439. The Labute approximate surface area is 139 Å². The Bertz CT molecular complexity index is 722. The van der Waals surface area contributed by atoms with Crippen molar-refractivity contribution < 1.29 is 18.7 Å². The Hall–Kier alpha value is -2.45. The predicted octanol–water partition coefficient (Wildman–Crippen LogP) is 2.21. The third-order valence-corrected chi connectivity index (χ3v) is 3.43. The average molecular weight is 382 g/mol. The summed E-state index contributed by atoms with van der Waals surface area (Å²) in [5.41, 5.74) is 2.83. The molecule has 0 heterocycles. The van der Waals surface area contributed by atoms with Gasteiger partial charge >= 0.3 is 0 Å². The molecule has 8 heteroatoms. The van der Waals surface area contributed by atoms with Gasteiger partial charge in [-0.25, -0.2) is 10.2 Å². The highest BCUT2D eigenvalue weighted by Crippen LogP contribution is 2.26. The van der Waals surface area contributed by atoms with Crippen LogP contribution in [0.25, 0.3) is 0 Å². The summed E-state index contributed by atoms with van der Waals surface area (Å²) in [4.78, 5) is 23.2. The van der Waals surface area contributed by atoms with Gasteiger partial charge in [-0.15, -0.1) is 0 Å². The van der Waals surface area contributed by atoms with E-state index in [-0.39, 0.29) is 12.4 Å². The molecule has 0 saturated carbocycles. The largest absolute Gasteiger partial charge is 0.483 e. The number of hydrogen-bond acceptors (Lipinski definition) is 4.